The lowest BCUT2D eigenvalue weighted by Crippen LogP contribution is -2.37. The summed E-state index contributed by atoms with van der Waals surface area (Å²) < 4.78 is 10.2. The highest BCUT2D eigenvalue weighted by molar-refractivity contribution is 9.10. The number of rotatable bonds is 3. The zero-order valence-electron chi connectivity index (χ0n) is 9.77. The second-order valence-corrected chi connectivity index (χ2v) is 8.22. The lowest BCUT2D eigenvalue weighted by Gasteiger charge is -2.43. The van der Waals surface area contributed by atoms with Gasteiger partial charge < -0.3 is 4.89 Å². The minimum absolute atomic E-state index is 0.386. The third kappa shape index (κ3) is 2.42. The molecule has 0 saturated carbocycles. The molecular formula is C12H16BrO3P. The van der Waals surface area contributed by atoms with E-state index in [1.165, 1.54) is 0 Å². The second-order valence-electron chi connectivity index (χ2n) is 3.98. The van der Waals surface area contributed by atoms with Gasteiger partial charge in [0.1, 0.15) is 0 Å². The van der Waals surface area contributed by atoms with Crippen LogP contribution in [0.1, 0.15) is 25.3 Å². The maximum Gasteiger partial charge on any atom is 0.258 e. The Kier molecular flexibility index (Phi) is 4.22. The molecule has 1 aliphatic heterocycles. The Morgan fingerprint density at radius 3 is 2.82 bits per heavy atom. The zero-order chi connectivity index (χ0) is 12.4. The molecule has 0 aromatic heterocycles. The van der Waals surface area contributed by atoms with Gasteiger partial charge in [0.15, 0.2) is 0 Å². The minimum atomic E-state index is -3.14. The van der Waals surface area contributed by atoms with Gasteiger partial charge >= 0.3 is 0 Å². The summed E-state index contributed by atoms with van der Waals surface area (Å²) in [5.74, 6) is 0. The van der Waals surface area contributed by atoms with E-state index < -0.39 is 12.0 Å². The van der Waals surface area contributed by atoms with Crippen molar-refractivity contribution >= 4 is 23.9 Å². The highest BCUT2D eigenvalue weighted by Gasteiger charge is 2.57. The Morgan fingerprint density at radius 1 is 1.47 bits per heavy atom. The number of halogens is 1. The third-order valence-electron chi connectivity index (χ3n) is 2.86. The maximum absolute atomic E-state index is 12.8. The van der Waals surface area contributed by atoms with Crippen LogP contribution in [0.15, 0.2) is 30.3 Å². The molecule has 0 bridgehead atoms. The smallest absolute Gasteiger partial charge is 0.258 e. The fraction of sp³-hybridized carbons (Fsp3) is 0.500. The van der Waals surface area contributed by atoms with Crippen LogP contribution < -0.4 is 4.89 Å². The largest absolute Gasteiger partial charge is 0.630 e. The van der Waals surface area contributed by atoms with E-state index in [9.17, 15) is 4.89 Å². The lowest BCUT2D eigenvalue weighted by molar-refractivity contribution is -0.226. The van der Waals surface area contributed by atoms with Gasteiger partial charge in [-0.15, -0.1) is 0 Å². The van der Waals surface area contributed by atoms with Crippen LogP contribution in [0.3, 0.4) is 0 Å². The molecule has 2 unspecified atom stereocenters. The van der Waals surface area contributed by atoms with Crippen molar-refractivity contribution in [3.8, 4) is 0 Å². The molecule has 0 aliphatic carbocycles. The molecule has 1 aliphatic rings. The quantitative estimate of drug-likeness (QED) is 0.635. The highest BCUT2D eigenvalue weighted by Crippen LogP contribution is 2.74. The van der Waals surface area contributed by atoms with Crippen molar-refractivity contribution in [1.29, 1.82) is 0 Å². The van der Waals surface area contributed by atoms with E-state index in [2.05, 4.69) is 15.9 Å². The fourth-order valence-electron chi connectivity index (χ4n) is 2.04. The van der Waals surface area contributed by atoms with Crippen LogP contribution in [0, 0.1) is 0 Å². The fourth-order valence-corrected chi connectivity index (χ4v) is 5.29. The molecule has 1 aromatic rings. The van der Waals surface area contributed by atoms with Crippen molar-refractivity contribution in [3.05, 3.63) is 35.9 Å². The molecule has 2 atom stereocenters. The summed E-state index contributed by atoms with van der Waals surface area (Å²) in [5, 5.41) is 0. The molecule has 1 heterocycles. The van der Waals surface area contributed by atoms with Crippen molar-refractivity contribution < 1.29 is 13.9 Å². The van der Waals surface area contributed by atoms with Gasteiger partial charge in [0.25, 0.3) is 7.94 Å². The second kappa shape index (κ2) is 5.33. The van der Waals surface area contributed by atoms with Gasteiger partial charge in [-0.2, -0.15) is 0 Å². The number of hydrogen-bond donors (Lipinski definition) is 0. The number of benzene rings is 1. The Labute approximate surface area is 111 Å². The predicted molar refractivity (Wildman–Crippen MR) is 70.8 cm³/mol. The Balaban J connectivity index is 2.38. The standard InChI is InChI=1S/C12H16BrO3P/c1-2-15-17(14)12(13,9-6-10-16-17)11-7-4-3-5-8-11/h3-5,7-8H,2,6,9-10H2,1H3. The predicted octanol–water partition coefficient (Wildman–Crippen LogP) is 3.20. The number of hydrogen-bond acceptors (Lipinski definition) is 3. The van der Waals surface area contributed by atoms with Crippen LogP contribution in [-0.4, -0.2) is 13.2 Å². The van der Waals surface area contributed by atoms with Crippen LogP contribution in [0.4, 0.5) is 0 Å². The topological polar surface area (TPSA) is 41.5 Å². The Morgan fingerprint density at radius 2 is 2.18 bits per heavy atom. The molecule has 2 rings (SSSR count). The van der Waals surface area contributed by atoms with Crippen molar-refractivity contribution in [1.82, 2.24) is 0 Å². The molecule has 17 heavy (non-hydrogen) atoms. The first-order valence-electron chi connectivity index (χ1n) is 5.76. The normalized spacial score (nSPS) is 33.6. The van der Waals surface area contributed by atoms with Gasteiger partial charge in [0, 0.05) is 12.0 Å². The van der Waals surface area contributed by atoms with Gasteiger partial charge in [-0.25, -0.2) is 9.05 Å². The summed E-state index contributed by atoms with van der Waals surface area (Å²) in [6, 6.07) is 9.71. The van der Waals surface area contributed by atoms with E-state index in [-0.39, 0.29) is 0 Å². The van der Waals surface area contributed by atoms with Crippen LogP contribution in [0.2, 0.25) is 0 Å². The van der Waals surface area contributed by atoms with Gasteiger partial charge in [0.05, 0.1) is 13.2 Å². The van der Waals surface area contributed by atoms with Gasteiger partial charge in [-0.3, -0.25) is 0 Å². The van der Waals surface area contributed by atoms with E-state index in [1.807, 2.05) is 37.3 Å². The van der Waals surface area contributed by atoms with Crippen LogP contribution >= 0.6 is 23.9 Å². The van der Waals surface area contributed by atoms with Crippen molar-refractivity contribution in [2.75, 3.05) is 13.2 Å². The monoisotopic (exact) mass is 318 g/mol. The first-order chi connectivity index (χ1) is 8.12. The van der Waals surface area contributed by atoms with Gasteiger partial charge in [0.2, 0.25) is 4.07 Å². The van der Waals surface area contributed by atoms with E-state index in [1.54, 1.807) is 0 Å². The molecule has 1 aromatic carbocycles. The summed E-state index contributed by atoms with van der Waals surface area (Å²) in [4.78, 5) is 12.8. The highest BCUT2D eigenvalue weighted by atomic mass is 79.9. The summed E-state index contributed by atoms with van der Waals surface area (Å²) in [6.07, 6.45) is 1.63. The van der Waals surface area contributed by atoms with Crippen molar-refractivity contribution in [3.63, 3.8) is 0 Å². The lowest BCUT2D eigenvalue weighted by atomic mass is 10.1. The van der Waals surface area contributed by atoms with Crippen molar-refractivity contribution in [2.24, 2.45) is 0 Å². The SMILES string of the molecule is CCO[P+]1([O-])OCCCC1(Br)c1ccccc1. The first-order valence-corrected chi connectivity index (χ1v) is 8.09. The van der Waals surface area contributed by atoms with Gasteiger partial charge in [-0.1, -0.05) is 30.3 Å². The van der Waals surface area contributed by atoms with Gasteiger partial charge in [-0.05, 0) is 29.3 Å². The molecule has 3 nitrogen and oxygen atoms in total. The van der Waals surface area contributed by atoms with E-state index >= 15 is 0 Å². The summed E-state index contributed by atoms with van der Waals surface area (Å²) >= 11 is 3.61. The molecule has 0 N–H and O–H groups in total. The third-order valence-corrected chi connectivity index (χ3v) is 7.49. The summed E-state index contributed by atoms with van der Waals surface area (Å²) in [6.45, 7) is 2.71. The van der Waals surface area contributed by atoms with Crippen LogP contribution in [0.5, 0.6) is 0 Å². The molecule has 0 radical (unpaired) electrons. The molecular weight excluding hydrogens is 303 g/mol. The van der Waals surface area contributed by atoms with Crippen LogP contribution in [0.25, 0.3) is 0 Å². The van der Waals surface area contributed by atoms with E-state index in [0.717, 1.165) is 18.4 Å². The Hall–Kier alpha value is 0.0100. The molecule has 0 spiro atoms. The first kappa shape index (κ1) is 13.4. The summed E-state index contributed by atoms with van der Waals surface area (Å²) in [7, 11) is -3.14. The Bertz CT molecular complexity index is 371. The average Bonchev–Trinajstić information content (AvgIpc) is 2.35. The van der Waals surface area contributed by atoms with Crippen molar-refractivity contribution in [2.45, 2.75) is 23.8 Å². The molecule has 0 amide bonds. The summed E-state index contributed by atoms with van der Waals surface area (Å²) in [5.41, 5.74) is 0.955. The van der Waals surface area contributed by atoms with E-state index in [0.29, 0.717) is 13.2 Å². The average molecular weight is 319 g/mol. The minimum Gasteiger partial charge on any atom is -0.630 e. The molecule has 1 saturated heterocycles. The molecule has 94 valence electrons. The zero-order valence-corrected chi connectivity index (χ0v) is 12.2. The molecule has 5 heteroatoms. The molecule has 1 fully saturated rings. The number of alkyl halides is 1. The maximum atomic E-state index is 12.8. The van der Waals surface area contributed by atoms with Crippen LogP contribution in [-0.2, 0) is 13.1 Å². The van der Waals surface area contributed by atoms with E-state index in [4.69, 9.17) is 9.05 Å².